The van der Waals surface area contributed by atoms with Crippen molar-refractivity contribution in [1.82, 2.24) is 9.38 Å². The maximum Gasteiger partial charge on any atom is 0.229 e. The topological polar surface area (TPSA) is 46.4 Å². The van der Waals surface area contributed by atoms with Crippen LogP contribution < -0.4 is 5.32 Å². The van der Waals surface area contributed by atoms with Gasteiger partial charge in [-0.15, -0.1) is 0 Å². The van der Waals surface area contributed by atoms with Gasteiger partial charge in [-0.2, -0.15) is 0 Å². The van der Waals surface area contributed by atoms with Gasteiger partial charge in [-0.3, -0.25) is 9.20 Å². The SMILES string of the molecule is Cc1ccc2nc(Cc3ccccc3)c(NC(=O)Cc3ccc(F)cc3)n2c1. The summed E-state index contributed by atoms with van der Waals surface area (Å²) >= 11 is 0. The molecule has 5 heteroatoms. The Bertz CT molecular complexity index is 1120. The Kier molecular flexibility index (Phi) is 4.89. The zero-order valence-corrected chi connectivity index (χ0v) is 15.5. The van der Waals surface area contributed by atoms with E-state index in [0.717, 1.165) is 28.0 Å². The average molecular weight is 373 g/mol. The second kappa shape index (κ2) is 7.64. The third kappa shape index (κ3) is 3.93. The van der Waals surface area contributed by atoms with Crippen molar-refractivity contribution >= 4 is 17.4 Å². The molecule has 0 unspecified atom stereocenters. The summed E-state index contributed by atoms with van der Waals surface area (Å²) in [6, 6.07) is 19.9. The molecule has 140 valence electrons. The van der Waals surface area contributed by atoms with Gasteiger partial charge in [-0.1, -0.05) is 48.5 Å². The Morgan fingerprint density at radius 2 is 1.75 bits per heavy atom. The molecule has 4 aromatic rings. The maximum atomic E-state index is 13.1. The van der Waals surface area contributed by atoms with Crippen LogP contribution in [0.2, 0.25) is 0 Å². The van der Waals surface area contributed by atoms with Gasteiger partial charge in [0.2, 0.25) is 5.91 Å². The highest BCUT2D eigenvalue weighted by Crippen LogP contribution is 2.22. The van der Waals surface area contributed by atoms with Crippen LogP contribution in [0, 0.1) is 12.7 Å². The molecule has 0 bridgehead atoms. The van der Waals surface area contributed by atoms with Crippen LogP contribution in [0.4, 0.5) is 10.2 Å². The molecule has 2 heterocycles. The summed E-state index contributed by atoms with van der Waals surface area (Å²) < 4.78 is 15.0. The van der Waals surface area contributed by atoms with E-state index >= 15 is 0 Å². The van der Waals surface area contributed by atoms with E-state index in [9.17, 15) is 9.18 Å². The minimum atomic E-state index is -0.313. The predicted molar refractivity (Wildman–Crippen MR) is 108 cm³/mol. The second-order valence-corrected chi connectivity index (χ2v) is 6.86. The van der Waals surface area contributed by atoms with Crippen LogP contribution in [-0.4, -0.2) is 15.3 Å². The molecule has 0 fully saturated rings. The monoisotopic (exact) mass is 373 g/mol. The fraction of sp³-hybridized carbons (Fsp3) is 0.130. The van der Waals surface area contributed by atoms with E-state index in [0.29, 0.717) is 12.2 Å². The summed E-state index contributed by atoms with van der Waals surface area (Å²) in [5.74, 6) is 0.199. The minimum Gasteiger partial charge on any atom is -0.310 e. The van der Waals surface area contributed by atoms with Crippen LogP contribution in [0.15, 0.2) is 72.9 Å². The number of amides is 1. The number of aryl methyl sites for hydroxylation is 1. The van der Waals surface area contributed by atoms with E-state index < -0.39 is 0 Å². The number of benzene rings is 2. The average Bonchev–Trinajstić information content (AvgIpc) is 3.01. The van der Waals surface area contributed by atoms with E-state index in [1.165, 1.54) is 12.1 Å². The van der Waals surface area contributed by atoms with Gasteiger partial charge in [-0.25, -0.2) is 9.37 Å². The van der Waals surface area contributed by atoms with Crippen LogP contribution in [0.3, 0.4) is 0 Å². The number of hydrogen-bond donors (Lipinski definition) is 1. The smallest absolute Gasteiger partial charge is 0.229 e. The molecule has 0 aliphatic carbocycles. The Hall–Kier alpha value is -3.47. The highest BCUT2D eigenvalue weighted by atomic mass is 19.1. The van der Waals surface area contributed by atoms with Gasteiger partial charge in [-0.05, 0) is 41.8 Å². The zero-order valence-electron chi connectivity index (χ0n) is 15.5. The first kappa shape index (κ1) is 17.9. The maximum absolute atomic E-state index is 13.1. The fourth-order valence-corrected chi connectivity index (χ4v) is 3.21. The molecule has 4 rings (SSSR count). The number of nitrogens with one attached hydrogen (secondary N) is 1. The lowest BCUT2D eigenvalue weighted by Gasteiger charge is -2.09. The van der Waals surface area contributed by atoms with Crippen molar-refractivity contribution < 1.29 is 9.18 Å². The normalized spacial score (nSPS) is 10.9. The Balaban J connectivity index is 1.65. The number of carbonyl (C=O) groups excluding carboxylic acids is 1. The first-order valence-electron chi connectivity index (χ1n) is 9.14. The molecule has 1 N–H and O–H groups in total. The van der Waals surface area contributed by atoms with E-state index in [2.05, 4.69) is 5.32 Å². The van der Waals surface area contributed by atoms with E-state index in [1.807, 2.05) is 60.0 Å². The molecule has 4 nitrogen and oxygen atoms in total. The highest BCUT2D eigenvalue weighted by Gasteiger charge is 2.16. The molecule has 2 aromatic carbocycles. The molecular weight excluding hydrogens is 353 g/mol. The van der Waals surface area contributed by atoms with E-state index in [-0.39, 0.29) is 18.1 Å². The van der Waals surface area contributed by atoms with Crippen molar-refractivity contribution in [2.45, 2.75) is 19.8 Å². The lowest BCUT2D eigenvalue weighted by Crippen LogP contribution is -2.17. The van der Waals surface area contributed by atoms with Gasteiger partial charge in [0, 0.05) is 12.6 Å². The molecule has 0 saturated carbocycles. The quantitative estimate of drug-likeness (QED) is 0.558. The molecule has 0 aliphatic rings. The largest absolute Gasteiger partial charge is 0.310 e. The van der Waals surface area contributed by atoms with Gasteiger partial charge < -0.3 is 5.32 Å². The van der Waals surface area contributed by atoms with E-state index in [1.54, 1.807) is 12.1 Å². The van der Waals surface area contributed by atoms with Crippen LogP contribution >= 0.6 is 0 Å². The van der Waals surface area contributed by atoms with Crippen LogP contribution in [0.1, 0.15) is 22.4 Å². The van der Waals surface area contributed by atoms with Crippen molar-refractivity contribution in [2.24, 2.45) is 0 Å². The van der Waals surface area contributed by atoms with Gasteiger partial charge >= 0.3 is 0 Å². The van der Waals surface area contributed by atoms with Crippen molar-refractivity contribution in [3.63, 3.8) is 0 Å². The molecule has 28 heavy (non-hydrogen) atoms. The number of fused-ring (bicyclic) bond motifs is 1. The molecule has 0 radical (unpaired) electrons. The Labute approximate surface area is 162 Å². The molecular formula is C23H20FN3O. The Morgan fingerprint density at radius 3 is 2.50 bits per heavy atom. The summed E-state index contributed by atoms with van der Waals surface area (Å²) in [5, 5.41) is 3.01. The summed E-state index contributed by atoms with van der Waals surface area (Å²) in [5.41, 5.74) is 4.55. The van der Waals surface area contributed by atoms with Crippen LogP contribution in [0.25, 0.3) is 5.65 Å². The number of halogens is 1. The molecule has 0 atom stereocenters. The Morgan fingerprint density at radius 1 is 1.00 bits per heavy atom. The van der Waals surface area contributed by atoms with Crippen molar-refractivity contribution in [3.8, 4) is 0 Å². The van der Waals surface area contributed by atoms with Gasteiger partial charge in [0.1, 0.15) is 17.3 Å². The first-order valence-corrected chi connectivity index (χ1v) is 9.14. The minimum absolute atomic E-state index is 0.163. The number of carbonyl (C=O) groups is 1. The molecule has 2 aromatic heterocycles. The molecule has 0 saturated heterocycles. The molecule has 1 amide bonds. The predicted octanol–water partition coefficient (Wildman–Crippen LogP) is 4.55. The summed E-state index contributed by atoms with van der Waals surface area (Å²) in [7, 11) is 0. The number of imidazole rings is 1. The van der Waals surface area contributed by atoms with Gasteiger partial charge in [0.05, 0.1) is 12.1 Å². The van der Waals surface area contributed by atoms with Crippen LogP contribution in [-0.2, 0) is 17.6 Å². The second-order valence-electron chi connectivity index (χ2n) is 6.86. The standard InChI is InChI=1S/C23H20FN3O/c1-16-7-12-21-25-20(13-17-5-3-2-4-6-17)23(27(21)15-16)26-22(28)14-18-8-10-19(24)11-9-18/h2-12,15H,13-14H2,1H3,(H,26,28). The first-order chi connectivity index (χ1) is 13.6. The number of anilines is 1. The summed E-state index contributed by atoms with van der Waals surface area (Å²) in [4.78, 5) is 17.4. The fourth-order valence-electron chi connectivity index (χ4n) is 3.21. The third-order valence-electron chi connectivity index (χ3n) is 4.59. The number of pyridine rings is 1. The van der Waals surface area contributed by atoms with Gasteiger partial charge in [0.15, 0.2) is 0 Å². The number of aromatic nitrogens is 2. The number of nitrogens with zero attached hydrogens (tertiary/aromatic N) is 2. The van der Waals surface area contributed by atoms with Gasteiger partial charge in [0.25, 0.3) is 0 Å². The lowest BCUT2D eigenvalue weighted by molar-refractivity contribution is -0.115. The molecule has 0 aliphatic heterocycles. The zero-order chi connectivity index (χ0) is 19.5. The summed E-state index contributed by atoms with van der Waals surface area (Å²) in [6.45, 7) is 2.00. The van der Waals surface area contributed by atoms with Crippen molar-refractivity contribution in [1.29, 1.82) is 0 Å². The lowest BCUT2D eigenvalue weighted by atomic mass is 10.1. The van der Waals surface area contributed by atoms with Crippen molar-refractivity contribution in [2.75, 3.05) is 5.32 Å². The van der Waals surface area contributed by atoms with E-state index in [4.69, 9.17) is 4.98 Å². The third-order valence-corrected chi connectivity index (χ3v) is 4.59. The number of rotatable bonds is 5. The van der Waals surface area contributed by atoms with Crippen LogP contribution in [0.5, 0.6) is 0 Å². The number of hydrogen-bond acceptors (Lipinski definition) is 2. The van der Waals surface area contributed by atoms with Crippen molar-refractivity contribution in [3.05, 3.63) is 101 Å². The highest BCUT2D eigenvalue weighted by molar-refractivity contribution is 5.92. The summed E-state index contributed by atoms with van der Waals surface area (Å²) in [6.07, 6.45) is 2.75. The molecule has 0 spiro atoms.